The molecule has 0 aromatic heterocycles. The van der Waals surface area contributed by atoms with Crippen LogP contribution in [0.1, 0.15) is 10.4 Å². The third-order valence-corrected chi connectivity index (χ3v) is 2.89. The molecule has 1 amide bonds. The average molecular weight is 328 g/mol. The first-order chi connectivity index (χ1) is 8.99. The number of amides is 1. The minimum atomic E-state index is -0.920. The minimum absolute atomic E-state index is 0.101. The lowest BCUT2D eigenvalue weighted by Gasteiger charge is -2.08. The number of aromatic hydroxyl groups is 1. The number of rotatable bonds is 2. The summed E-state index contributed by atoms with van der Waals surface area (Å²) in [6.45, 7) is 0. The Hall–Kier alpha value is -1.95. The number of halogens is 3. The van der Waals surface area contributed by atoms with E-state index in [1.54, 1.807) is 0 Å². The maximum atomic E-state index is 13.5. The fourth-order valence-electron chi connectivity index (χ4n) is 1.51. The van der Waals surface area contributed by atoms with Crippen LogP contribution in [0.4, 0.5) is 14.5 Å². The minimum Gasteiger partial charge on any atom is -0.507 e. The zero-order chi connectivity index (χ0) is 14.0. The van der Waals surface area contributed by atoms with Crippen molar-refractivity contribution < 1.29 is 18.7 Å². The number of hydrogen-bond acceptors (Lipinski definition) is 2. The van der Waals surface area contributed by atoms with Crippen LogP contribution in [0.5, 0.6) is 5.75 Å². The van der Waals surface area contributed by atoms with Crippen LogP contribution >= 0.6 is 15.9 Å². The van der Waals surface area contributed by atoms with Crippen molar-refractivity contribution in [3.05, 3.63) is 58.1 Å². The maximum Gasteiger partial charge on any atom is 0.262 e. The lowest BCUT2D eigenvalue weighted by atomic mass is 10.1. The molecule has 6 heteroatoms. The Morgan fingerprint density at radius 3 is 2.53 bits per heavy atom. The molecule has 0 aliphatic rings. The molecule has 19 heavy (non-hydrogen) atoms. The highest BCUT2D eigenvalue weighted by Gasteiger charge is 2.17. The number of hydrogen-bond donors (Lipinski definition) is 2. The summed E-state index contributed by atoms with van der Waals surface area (Å²) in [5, 5.41) is 11.7. The van der Waals surface area contributed by atoms with Gasteiger partial charge in [-0.2, -0.15) is 0 Å². The molecule has 0 saturated carbocycles. The van der Waals surface area contributed by atoms with E-state index in [2.05, 4.69) is 21.2 Å². The molecule has 0 aliphatic carbocycles. The Bertz CT molecular complexity index is 626. The van der Waals surface area contributed by atoms with Gasteiger partial charge in [0.25, 0.3) is 5.91 Å². The molecule has 98 valence electrons. The molecule has 0 unspecified atom stereocenters. The summed E-state index contributed by atoms with van der Waals surface area (Å²) in [4.78, 5) is 11.8. The predicted molar refractivity (Wildman–Crippen MR) is 70.1 cm³/mol. The van der Waals surface area contributed by atoms with E-state index in [4.69, 9.17) is 0 Å². The van der Waals surface area contributed by atoms with Gasteiger partial charge in [0.2, 0.25) is 0 Å². The number of benzene rings is 2. The van der Waals surface area contributed by atoms with Crippen molar-refractivity contribution in [2.45, 2.75) is 0 Å². The molecule has 2 rings (SSSR count). The third-order valence-electron chi connectivity index (χ3n) is 2.40. The molecule has 0 radical (unpaired) electrons. The SMILES string of the molecule is O=C(Nc1ccc(Br)cc1F)c1c(O)cccc1F. The van der Waals surface area contributed by atoms with E-state index in [9.17, 15) is 18.7 Å². The first-order valence-corrected chi connectivity index (χ1v) is 6.02. The zero-order valence-corrected chi connectivity index (χ0v) is 11.0. The number of phenols is 1. The number of nitrogens with one attached hydrogen (secondary N) is 1. The van der Waals surface area contributed by atoms with Crippen molar-refractivity contribution in [1.29, 1.82) is 0 Å². The van der Waals surface area contributed by atoms with Gasteiger partial charge in [-0.1, -0.05) is 22.0 Å². The fraction of sp³-hybridized carbons (Fsp3) is 0. The van der Waals surface area contributed by atoms with Crippen LogP contribution in [0, 0.1) is 11.6 Å². The third kappa shape index (κ3) is 2.90. The van der Waals surface area contributed by atoms with E-state index < -0.39 is 28.9 Å². The first-order valence-electron chi connectivity index (χ1n) is 5.23. The normalized spacial score (nSPS) is 10.3. The van der Waals surface area contributed by atoms with Crippen molar-refractivity contribution in [2.24, 2.45) is 0 Å². The second kappa shape index (κ2) is 5.36. The van der Waals surface area contributed by atoms with Gasteiger partial charge in [-0.15, -0.1) is 0 Å². The van der Waals surface area contributed by atoms with Crippen molar-refractivity contribution in [2.75, 3.05) is 5.32 Å². The molecule has 0 saturated heterocycles. The lowest BCUT2D eigenvalue weighted by molar-refractivity contribution is 0.102. The quantitative estimate of drug-likeness (QED) is 0.883. The van der Waals surface area contributed by atoms with Crippen LogP contribution in [-0.2, 0) is 0 Å². The van der Waals surface area contributed by atoms with Crippen LogP contribution in [0.2, 0.25) is 0 Å². The van der Waals surface area contributed by atoms with E-state index in [1.807, 2.05) is 0 Å². The molecular weight excluding hydrogens is 320 g/mol. The molecule has 0 heterocycles. The van der Waals surface area contributed by atoms with Gasteiger partial charge in [-0.25, -0.2) is 8.78 Å². The molecule has 2 aromatic rings. The van der Waals surface area contributed by atoms with Gasteiger partial charge < -0.3 is 10.4 Å². The highest BCUT2D eigenvalue weighted by molar-refractivity contribution is 9.10. The Labute approximate surface area is 116 Å². The molecule has 2 aromatic carbocycles. The van der Waals surface area contributed by atoms with Crippen molar-refractivity contribution in [3.63, 3.8) is 0 Å². The maximum absolute atomic E-state index is 13.5. The van der Waals surface area contributed by atoms with Crippen molar-refractivity contribution in [3.8, 4) is 5.75 Å². The molecule has 0 fully saturated rings. The summed E-state index contributed by atoms with van der Waals surface area (Å²) in [6.07, 6.45) is 0. The van der Waals surface area contributed by atoms with Crippen LogP contribution in [-0.4, -0.2) is 11.0 Å². The van der Waals surface area contributed by atoms with Gasteiger partial charge in [0.15, 0.2) is 0 Å². The highest BCUT2D eigenvalue weighted by atomic mass is 79.9. The second-order valence-electron chi connectivity index (χ2n) is 3.71. The van der Waals surface area contributed by atoms with E-state index in [1.165, 1.54) is 24.3 Å². The largest absolute Gasteiger partial charge is 0.507 e. The predicted octanol–water partition coefficient (Wildman–Crippen LogP) is 3.69. The van der Waals surface area contributed by atoms with Crippen LogP contribution < -0.4 is 5.32 Å². The van der Waals surface area contributed by atoms with Gasteiger partial charge in [0, 0.05) is 4.47 Å². The van der Waals surface area contributed by atoms with Crippen LogP contribution in [0.15, 0.2) is 40.9 Å². The summed E-state index contributed by atoms with van der Waals surface area (Å²) >= 11 is 3.08. The Morgan fingerprint density at radius 2 is 1.89 bits per heavy atom. The second-order valence-corrected chi connectivity index (χ2v) is 4.63. The molecule has 3 nitrogen and oxygen atoms in total. The molecule has 0 spiro atoms. The summed E-state index contributed by atoms with van der Waals surface area (Å²) in [7, 11) is 0. The molecule has 2 N–H and O–H groups in total. The number of anilines is 1. The van der Waals surface area contributed by atoms with Gasteiger partial charge in [0.1, 0.15) is 22.9 Å². The van der Waals surface area contributed by atoms with Gasteiger partial charge >= 0.3 is 0 Å². The van der Waals surface area contributed by atoms with E-state index in [0.29, 0.717) is 4.47 Å². The van der Waals surface area contributed by atoms with Crippen LogP contribution in [0.25, 0.3) is 0 Å². The summed E-state index contributed by atoms with van der Waals surface area (Å²) in [5.41, 5.74) is -0.624. The molecule has 0 bridgehead atoms. The van der Waals surface area contributed by atoms with Crippen molar-refractivity contribution in [1.82, 2.24) is 0 Å². The summed E-state index contributed by atoms with van der Waals surface area (Å²) in [5.74, 6) is -2.97. The smallest absolute Gasteiger partial charge is 0.262 e. The number of phenolic OH excluding ortho intramolecular Hbond substituents is 1. The van der Waals surface area contributed by atoms with E-state index in [-0.39, 0.29) is 5.69 Å². The highest BCUT2D eigenvalue weighted by Crippen LogP contribution is 2.23. The van der Waals surface area contributed by atoms with Gasteiger partial charge in [-0.3, -0.25) is 4.79 Å². The monoisotopic (exact) mass is 327 g/mol. The van der Waals surface area contributed by atoms with Gasteiger partial charge in [0.05, 0.1) is 5.69 Å². The lowest BCUT2D eigenvalue weighted by Crippen LogP contribution is -2.15. The van der Waals surface area contributed by atoms with Gasteiger partial charge in [-0.05, 0) is 30.3 Å². The molecule has 0 atom stereocenters. The number of carbonyl (C=O) groups excluding carboxylic acids is 1. The zero-order valence-electron chi connectivity index (χ0n) is 9.45. The van der Waals surface area contributed by atoms with E-state index >= 15 is 0 Å². The Kier molecular flexibility index (Phi) is 3.80. The molecular formula is C13H8BrF2NO2. The fourth-order valence-corrected chi connectivity index (χ4v) is 1.85. The molecule has 0 aliphatic heterocycles. The van der Waals surface area contributed by atoms with Crippen LogP contribution in [0.3, 0.4) is 0 Å². The topological polar surface area (TPSA) is 49.3 Å². The standard InChI is InChI=1S/C13H8BrF2NO2/c14-7-4-5-10(9(16)6-7)17-13(19)12-8(15)2-1-3-11(12)18/h1-6,18H,(H,17,19). The Balaban J connectivity index is 2.31. The Morgan fingerprint density at radius 1 is 1.16 bits per heavy atom. The summed E-state index contributed by atoms with van der Waals surface area (Å²) < 4.78 is 27.5. The number of carbonyl (C=O) groups is 1. The average Bonchev–Trinajstić information content (AvgIpc) is 2.32. The van der Waals surface area contributed by atoms with Crippen molar-refractivity contribution >= 4 is 27.5 Å². The first kappa shape index (κ1) is 13.5. The van der Waals surface area contributed by atoms with E-state index in [0.717, 1.165) is 12.1 Å². The summed E-state index contributed by atoms with van der Waals surface area (Å²) in [6, 6.07) is 7.50.